The minimum atomic E-state index is -0.345. The Morgan fingerprint density at radius 1 is 1.22 bits per heavy atom. The number of hydrogen-bond acceptors (Lipinski definition) is 5. The Hall–Kier alpha value is -3.55. The van der Waals surface area contributed by atoms with Gasteiger partial charge in [-0.2, -0.15) is 5.21 Å². The van der Waals surface area contributed by atoms with Gasteiger partial charge in [0, 0.05) is 19.2 Å². The Bertz CT molecular complexity index is 1070. The highest BCUT2D eigenvalue weighted by Gasteiger charge is 2.21. The minimum Gasteiger partial charge on any atom is -0.340 e. The van der Waals surface area contributed by atoms with Crippen LogP contribution in [0.3, 0.4) is 0 Å². The van der Waals surface area contributed by atoms with Crippen molar-refractivity contribution in [3.8, 4) is 11.4 Å². The number of nitrogens with zero attached hydrogens (tertiary/aromatic N) is 6. The van der Waals surface area contributed by atoms with Gasteiger partial charge < -0.3 is 9.47 Å². The molecule has 0 fully saturated rings. The summed E-state index contributed by atoms with van der Waals surface area (Å²) in [6, 6.07) is 15.2. The fourth-order valence-corrected chi connectivity index (χ4v) is 3.17. The number of aromatic amines is 1. The van der Waals surface area contributed by atoms with E-state index in [0.717, 1.165) is 22.2 Å². The van der Waals surface area contributed by atoms with Crippen molar-refractivity contribution in [2.45, 2.75) is 19.5 Å². The van der Waals surface area contributed by atoms with Crippen molar-refractivity contribution in [2.75, 3.05) is 7.05 Å². The molecule has 0 radical (unpaired) electrons. The second-order valence-corrected chi connectivity index (χ2v) is 6.45. The fourth-order valence-electron chi connectivity index (χ4n) is 3.17. The van der Waals surface area contributed by atoms with Gasteiger partial charge in [0.05, 0.1) is 17.4 Å². The lowest BCUT2D eigenvalue weighted by Crippen LogP contribution is -2.32. The molecular formula is C19H19N7O. The summed E-state index contributed by atoms with van der Waals surface area (Å²) >= 11 is 0. The average Bonchev–Trinajstić information content (AvgIpc) is 3.37. The van der Waals surface area contributed by atoms with Gasteiger partial charge in [-0.1, -0.05) is 30.3 Å². The summed E-state index contributed by atoms with van der Waals surface area (Å²) in [6.07, 6.45) is 1.72. The molecule has 0 saturated heterocycles. The number of fused-ring (bicyclic) bond motifs is 1. The predicted octanol–water partition coefficient (Wildman–Crippen LogP) is 2.44. The molecular weight excluding hydrogens is 342 g/mol. The monoisotopic (exact) mass is 361 g/mol. The maximum atomic E-state index is 12.9. The number of rotatable bonds is 5. The smallest absolute Gasteiger partial charge is 0.245 e. The second kappa shape index (κ2) is 6.99. The van der Waals surface area contributed by atoms with Crippen LogP contribution in [-0.4, -0.2) is 48.0 Å². The molecule has 2 aromatic carbocycles. The van der Waals surface area contributed by atoms with Crippen LogP contribution in [0.4, 0.5) is 0 Å². The molecule has 8 heteroatoms. The van der Waals surface area contributed by atoms with Crippen molar-refractivity contribution in [2.24, 2.45) is 0 Å². The van der Waals surface area contributed by atoms with E-state index < -0.39 is 0 Å². The van der Waals surface area contributed by atoms with E-state index in [1.54, 1.807) is 18.3 Å². The van der Waals surface area contributed by atoms with Gasteiger partial charge in [-0.3, -0.25) is 4.79 Å². The maximum absolute atomic E-state index is 12.9. The molecule has 0 bridgehead atoms. The molecule has 1 N–H and O–H groups in total. The van der Waals surface area contributed by atoms with Gasteiger partial charge in [-0.25, -0.2) is 4.98 Å². The third-order valence-corrected chi connectivity index (χ3v) is 4.58. The Morgan fingerprint density at radius 2 is 2.07 bits per heavy atom. The van der Waals surface area contributed by atoms with Crippen molar-refractivity contribution in [3.05, 3.63) is 60.4 Å². The number of likely N-dealkylation sites (N-methyl/N-ethyl adjacent to an activating group) is 1. The molecule has 8 nitrogen and oxygen atoms in total. The number of aromatic nitrogens is 6. The molecule has 2 heterocycles. The van der Waals surface area contributed by atoms with Crippen LogP contribution in [0.1, 0.15) is 18.5 Å². The van der Waals surface area contributed by atoms with Crippen molar-refractivity contribution in [1.29, 1.82) is 0 Å². The zero-order chi connectivity index (χ0) is 18.8. The lowest BCUT2D eigenvalue weighted by molar-refractivity contribution is -0.133. The van der Waals surface area contributed by atoms with E-state index in [-0.39, 0.29) is 11.9 Å². The first kappa shape index (κ1) is 16.9. The lowest BCUT2D eigenvalue weighted by Gasteiger charge is -2.23. The van der Waals surface area contributed by atoms with Crippen LogP contribution in [-0.2, 0) is 11.3 Å². The molecule has 136 valence electrons. The zero-order valence-corrected chi connectivity index (χ0v) is 15.1. The Morgan fingerprint density at radius 3 is 2.89 bits per heavy atom. The third-order valence-electron chi connectivity index (χ3n) is 4.58. The van der Waals surface area contributed by atoms with Crippen LogP contribution in [0, 0.1) is 0 Å². The van der Waals surface area contributed by atoms with Crippen molar-refractivity contribution < 1.29 is 4.79 Å². The van der Waals surface area contributed by atoms with Crippen molar-refractivity contribution >= 4 is 16.9 Å². The number of carbonyl (C=O) groups excluding carboxylic acids is 1. The van der Waals surface area contributed by atoms with E-state index >= 15 is 0 Å². The zero-order valence-electron chi connectivity index (χ0n) is 15.1. The number of H-pyrrole nitrogens is 1. The standard InChI is InChI=1S/C19H19N7O/c1-13(26-12-20-16-8-3-4-9-17(16)26)19(27)25(2)11-14-6-5-7-15(10-14)18-21-23-24-22-18/h3-10,12-13H,11H2,1-2H3,(H,21,22,23,24)/t13-/m1/s1. The van der Waals surface area contributed by atoms with Crippen LogP contribution < -0.4 is 0 Å². The molecule has 0 unspecified atom stereocenters. The van der Waals surface area contributed by atoms with Crippen LogP contribution in [0.25, 0.3) is 22.4 Å². The van der Waals surface area contributed by atoms with Crippen molar-refractivity contribution in [1.82, 2.24) is 35.1 Å². The molecule has 0 spiro atoms. The quantitative estimate of drug-likeness (QED) is 0.589. The molecule has 0 aliphatic heterocycles. The van der Waals surface area contributed by atoms with Gasteiger partial charge in [-0.05, 0) is 35.9 Å². The van der Waals surface area contributed by atoms with Gasteiger partial charge >= 0.3 is 0 Å². The van der Waals surface area contributed by atoms with Gasteiger partial charge in [0.15, 0.2) is 0 Å². The molecule has 4 rings (SSSR count). The highest BCUT2D eigenvalue weighted by Crippen LogP contribution is 2.20. The predicted molar refractivity (Wildman–Crippen MR) is 101 cm³/mol. The third kappa shape index (κ3) is 3.29. The van der Waals surface area contributed by atoms with E-state index in [4.69, 9.17) is 0 Å². The second-order valence-electron chi connectivity index (χ2n) is 6.45. The number of para-hydroxylation sites is 2. The van der Waals surface area contributed by atoms with Crippen LogP contribution in [0.2, 0.25) is 0 Å². The number of carbonyl (C=O) groups is 1. The molecule has 0 aliphatic rings. The number of amides is 1. The van der Waals surface area contributed by atoms with Gasteiger partial charge in [0.2, 0.25) is 11.7 Å². The first-order valence-electron chi connectivity index (χ1n) is 8.63. The molecule has 27 heavy (non-hydrogen) atoms. The molecule has 0 aliphatic carbocycles. The lowest BCUT2D eigenvalue weighted by atomic mass is 10.1. The average molecular weight is 361 g/mol. The van der Waals surface area contributed by atoms with Gasteiger partial charge in [0.1, 0.15) is 6.04 Å². The Labute approximate surface area is 155 Å². The highest BCUT2D eigenvalue weighted by molar-refractivity contribution is 5.83. The van der Waals surface area contributed by atoms with E-state index in [1.807, 2.05) is 60.0 Å². The number of nitrogens with one attached hydrogen (secondary N) is 1. The minimum absolute atomic E-state index is 0.0168. The van der Waals surface area contributed by atoms with Gasteiger partial charge in [0.25, 0.3) is 0 Å². The molecule has 0 saturated carbocycles. The summed E-state index contributed by atoms with van der Waals surface area (Å²) in [6.45, 7) is 2.38. The Kier molecular flexibility index (Phi) is 4.37. The normalized spacial score (nSPS) is 12.2. The van der Waals surface area contributed by atoms with E-state index in [2.05, 4.69) is 25.6 Å². The number of benzene rings is 2. The molecule has 1 atom stereocenters. The topological polar surface area (TPSA) is 92.6 Å². The summed E-state index contributed by atoms with van der Waals surface area (Å²) < 4.78 is 1.91. The van der Waals surface area contributed by atoms with E-state index in [1.165, 1.54) is 0 Å². The summed E-state index contributed by atoms with van der Waals surface area (Å²) in [5.41, 5.74) is 3.69. The van der Waals surface area contributed by atoms with Crippen molar-refractivity contribution in [3.63, 3.8) is 0 Å². The van der Waals surface area contributed by atoms with Crippen LogP contribution in [0.15, 0.2) is 54.9 Å². The van der Waals surface area contributed by atoms with E-state index in [0.29, 0.717) is 12.4 Å². The first-order chi connectivity index (χ1) is 13.1. The molecule has 2 aromatic heterocycles. The SMILES string of the molecule is C[C@H](C(=O)N(C)Cc1cccc(-c2nn[nH]n2)c1)n1cnc2ccccc21. The van der Waals surface area contributed by atoms with E-state index in [9.17, 15) is 4.79 Å². The Balaban J connectivity index is 1.52. The number of imidazole rings is 1. The maximum Gasteiger partial charge on any atom is 0.245 e. The summed E-state index contributed by atoms with van der Waals surface area (Å²) in [5, 5.41) is 14.0. The van der Waals surface area contributed by atoms with Crippen LogP contribution >= 0.6 is 0 Å². The summed E-state index contributed by atoms with van der Waals surface area (Å²) in [5.74, 6) is 0.548. The number of hydrogen-bond donors (Lipinski definition) is 1. The van der Waals surface area contributed by atoms with Crippen LogP contribution in [0.5, 0.6) is 0 Å². The summed E-state index contributed by atoms with van der Waals surface area (Å²) in [7, 11) is 1.80. The van der Waals surface area contributed by atoms with Gasteiger partial charge in [-0.15, -0.1) is 10.2 Å². The summed E-state index contributed by atoms with van der Waals surface area (Å²) in [4.78, 5) is 19.0. The fraction of sp³-hybridized carbons (Fsp3) is 0.211. The highest BCUT2D eigenvalue weighted by atomic mass is 16.2. The molecule has 4 aromatic rings. The molecule has 1 amide bonds. The number of tetrazole rings is 1. The first-order valence-corrected chi connectivity index (χ1v) is 8.63. The largest absolute Gasteiger partial charge is 0.340 e.